The number of hydrogen-bond donors (Lipinski definition) is 3. The van der Waals surface area contributed by atoms with Gasteiger partial charge in [0.05, 0.1) is 17.6 Å². The Morgan fingerprint density at radius 3 is 2.52 bits per heavy atom. The summed E-state index contributed by atoms with van der Waals surface area (Å²) < 4.78 is 11.6. The number of aliphatic hydroxyl groups is 2. The van der Waals surface area contributed by atoms with Gasteiger partial charge in [0.15, 0.2) is 0 Å². The van der Waals surface area contributed by atoms with Gasteiger partial charge < -0.3 is 25.0 Å². The molecule has 0 spiro atoms. The third kappa shape index (κ3) is 6.78. The first-order valence-corrected chi connectivity index (χ1v) is 15.2. The minimum Gasteiger partial charge on any atom is -0.427 e. The fourth-order valence-electron chi connectivity index (χ4n) is 6.79. The second-order valence-electron chi connectivity index (χ2n) is 11.8. The number of rotatable bonds is 8. The highest BCUT2D eigenvalue weighted by Crippen LogP contribution is 2.56. The Bertz CT molecular complexity index is 1320. The van der Waals surface area contributed by atoms with Gasteiger partial charge in [-0.2, -0.15) is 0 Å². The summed E-state index contributed by atoms with van der Waals surface area (Å²) in [5, 5.41) is 24.2. The van der Waals surface area contributed by atoms with E-state index in [1.54, 1.807) is 43.5 Å². The number of amides is 1. The van der Waals surface area contributed by atoms with Gasteiger partial charge in [-0.15, -0.1) is 0 Å². The van der Waals surface area contributed by atoms with Crippen LogP contribution in [0.2, 0.25) is 0 Å². The molecule has 2 aromatic rings. The molecule has 3 fully saturated rings. The SMILES string of the molecule is CO[C@@]12CC[C@H](O)[C@@H](C#CC(O)C3CCCCC3)[C@@H]1C/C2=C/CCC(=O)Oc1ccc(NC(=O)c2ccccc2)cc1. The standard InChI is InChI=1S/C35H41NO6/c1-41-35-22-21-32(38)29(19-20-31(37)24-9-4-2-5-10-24)30(35)23-26(35)13-8-14-33(39)42-28-17-15-27(16-18-28)36-34(40)25-11-6-3-7-12-25/h3,6-7,11-13,15-18,24,29-32,37-38H,2,4-5,8-10,14,21-23H2,1H3,(H,36,40)/b26-13-/t29-,30-,31?,32-,35+/m0/s1. The molecule has 0 bridgehead atoms. The highest BCUT2D eigenvalue weighted by atomic mass is 16.5. The van der Waals surface area contributed by atoms with E-state index in [0.29, 0.717) is 36.3 Å². The van der Waals surface area contributed by atoms with Gasteiger partial charge in [-0.05, 0) is 86.4 Å². The van der Waals surface area contributed by atoms with Gasteiger partial charge in [-0.25, -0.2) is 0 Å². The molecule has 222 valence electrons. The van der Waals surface area contributed by atoms with Crippen molar-refractivity contribution in [3.05, 3.63) is 71.8 Å². The molecule has 3 N–H and O–H groups in total. The molecule has 3 aliphatic carbocycles. The molecule has 5 atom stereocenters. The molecule has 3 aliphatic rings. The zero-order valence-corrected chi connectivity index (χ0v) is 24.3. The Balaban J connectivity index is 1.12. The van der Waals surface area contributed by atoms with Crippen LogP contribution in [0.15, 0.2) is 66.2 Å². The zero-order chi connectivity index (χ0) is 29.5. The van der Waals surface area contributed by atoms with Gasteiger partial charge in [0, 0.05) is 30.7 Å². The number of ether oxygens (including phenoxy) is 2. The maximum atomic E-state index is 12.5. The molecule has 0 aliphatic heterocycles. The lowest BCUT2D eigenvalue weighted by molar-refractivity contribution is -0.138. The maximum absolute atomic E-state index is 12.5. The number of carbonyl (C=O) groups is 2. The number of nitrogens with one attached hydrogen (secondary N) is 1. The molecule has 0 heterocycles. The van der Waals surface area contributed by atoms with Crippen LogP contribution >= 0.6 is 0 Å². The van der Waals surface area contributed by atoms with E-state index >= 15 is 0 Å². The largest absolute Gasteiger partial charge is 0.427 e. The van der Waals surface area contributed by atoms with Crippen LogP contribution in [0.25, 0.3) is 0 Å². The van der Waals surface area contributed by atoms with Crippen molar-refractivity contribution >= 4 is 17.6 Å². The number of aliphatic hydroxyl groups excluding tert-OH is 2. The molecular weight excluding hydrogens is 530 g/mol. The Morgan fingerprint density at radius 2 is 1.81 bits per heavy atom. The summed E-state index contributed by atoms with van der Waals surface area (Å²) in [4.78, 5) is 24.9. The average Bonchev–Trinajstić information content (AvgIpc) is 3.01. The number of allylic oxidation sites excluding steroid dienone is 1. The first kappa shape index (κ1) is 30.0. The molecule has 7 nitrogen and oxygen atoms in total. The molecule has 42 heavy (non-hydrogen) atoms. The van der Waals surface area contributed by atoms with Crippen LogP contribution in [-0.2, 0) is 9.53 Å². The zero-order valence-electron chi connectivity index (χ0n) is 24.3. The number of esters is 1. The van der Waals surface area contributed by atoms with E-state index in [9.17, 15) is 19.8 Å². The van der Waals surface area contributed by atoms with E-state index < -0.39 is 17.8 Å². The van der Waals surface area contributed by atoms with Crippen molar-refractivity contribution < 1.29 is 29.3 Å². The van der Waals surface area contributed by atoms with E-state index in [0.717, 1.165) is 37.7 Å². The molecule has 1 unspecified atom stereocenters. The summed E-state index contributed by atoms with van der Waals surface area (Å²) in [6, 6.07) is 15.7. The van der Waals surface area contributed by atoms with Gasteiger partial charge in [0.1, 0.15) is 11.9 Å². The number of hydrogen-bond acceptors (Lipinski definition) is 6. The minimum absolute atomic E-state index is 0.0661. The Labute approximate surface area is 248 Å². The molecule has 1 amide bonds. The van der Waals surface area contributed by atoms with Gasteiger partial charge in [-0.1, -0.05) is 55.4 Å². The van der Waals surface area contributed by atoms with Gasteiger partial charge in [0.25, 0.3) is 5.91 Å². The van der Waals surface area contributed by atoms with Crippen molar-refractivity contribution in [1.29, 1.82) is 0 Å². The number of methoxy groups -OCH3 is 1. The number of benzene rings is 2. The fourth-order valence-corrected chi connectivity index (χ4v) is 6.79. The predicted molar refractivity (Wildman–Crippen MR) is 161 cm³/mol. The number of carbonyl (C=O) groups excluding carboxylic acids is 2. The van der Waals surface area contributed by atoms with Crippen molar-refractivity contribution in [1.82, 2.24) is 0 Å². The summed E-state index contributed by atoms with van der Waals surface area (Å²) in [5.41, 5.74) is 1.85. The summed E-state index contributed by atoms with van der Waals surface area (Å²) in [6.07, 6.45) is 9.26. The highest BCUT2D eigenvalue weighted by Gasteiger charge is 2.58. The fraction of sp³-hybridized carbons (Fsp3) is 0.486. The van der Waals surface area contributed by atoms with Crippen molar-refractivity contribution in [3.8, 4) is 17.6 Å². The molecule has 2 aromatic carbocycles. The highest BCUT2D eigenvalue weighted by molar-refractivity contribution is 6.04. The van der Waals surface area contributed by atoms with E-state index in [1.165, 1.54) is 6.42 Å². The van der Waals surface area contributed by atoms with Crippen molar-refractivity contribution in [3.63, 3.8) is 0 Å². The van der Waals surface area contributed by atoms with Crippen LogP contribution in [0.3, 0.4) is 0 Å². The first-order valence-electron chi connectivity index (χ1n) is 15.2. The van der Waals surface area contributed by atoms with Crippen molar-refractivity contribution in [2.75, 3.05) is 12.4 Å². The van der Waals surface area contributed by atoms with Crippen LogP contribution in [0, 0.1) is 29.6 Å². The summed E-state index contributed by atoms with van der Waals surface area (Å²) >= 11 is 0. The van der Waals surface area contributed by atoms with E-state index in [1.807, 2.05) is 18.2 Å². The monoisotopic (exact) mass is 571 g/mol. The van der Waals surface area contributed by atoms with Crippen LogP contribution in [0.1, 0.15) is 74.6 Å². The molecular formula is C35H41NO6. The number of anilines is 1. The Kier molecular flexibility index (Phi) is 9.79. The average molecular weight is 572 g/mol. The third-order valence-electron chi connectivity index (χ3n) is 9.22. The summed E-state index contributed by atoms with van der Waals surface area (Å²) in [7, 11) is 1.71. The maximum Gasteiger partial charge on any atom is 0.311 e. The third-order valence-corrected chi connectivity index (χ3v) is 9.22. The molecule has 0 radical (unpaired) electrons. The number of fused-ring (bicyclic) bond motifs is 1. The Hall–Kier alpha value is -3.44. The van der Waals surface area contributed by atoms with Crippen LogP contribution in [0.5, 0.6) is 5.75 Å². The minimum atomic E-state index is -0.637. The molecule has 0 aromatic heterocycles. The lowest BCUT2D eigenvalue weighted by atomic mass is 9.53. The van der Waals surface area contributed by atoms with E-state index in [4.69, 9.17) is 9.47 Å². The summed E-state index contributed by atoms with van der Waals surface area (Å²) in [5.74, 6) is 6.27. The summed E-state index contributed by atoms with van der Waals surface area (Å²) in [6.45, 7) is 0. The Morgan fingerprint density at radius 1 is 1.07 bits per heavy atom. The lowest BCUT2D eigenvalue weighted by Crippen LogP contribution is -2.59. The quantitative estimate of drug-likeness (QED) is 0.163. The van der Waals surface area contributed by atoms with Crippen molar-refractivity contribution in [2.24, 2.45) is 17.8 Å². The van der Waals surface area contributed by atoms with Crippen molar-refractivity contribution in [2.45, 2.75) is 82.0 Å². The molecule has 5 rings (SSSR count). The molecule has 3 saturated carbocycles. The van der Waals surface area contributed by atoms with Crippen LogP contribution < -0.4 is 10.1 Å². The molecule has 7 heteroatoms. The second-order valence-corrected chi connectivity index (χ2v) is 11.8. The predicted octanol–water partition coefficient (Wildman–Crippen LogP) is 5.67. The normalized spacial score (nSPS) is 27.1. The van der Waals surface area contributed by atoms with Crippen LogP contribution in [0.4, 0.5) is 5.69 Å². The lowest BCUT2D eigenvalue weighted by Gasteiger charge is -2.57. The van der Waals surface area contributed by atoms with E-state index in [2.05, 4.69) is 23.2 Å². The van der Waals surface area contributed by atoms with Gasteiger partial charge in [-0.3, -0.25) is 9.59 Å². The van der Waals surface area contributed by atoms with Gasteiger partial charge >= 0.3 is 5.97 Å². The first-order chi connectivity index (χ1) is 20.4. The van der Waals surface area contributed by atoms with E-state index in [-0.39, 0.29) is 36.1 Å². The molecule has 0 saturated heterocycles. The van der Waals surface area contributed by atoms with Gasteiger partial charge in [0.2, 0.25) is 0 Å². The smallest absolute Gasteiger partial charge is 0.311 e. The second kappa shape index (κ2) is 13.7. The van der Waals surface area contributed by atoms with Crippen LogP contribution in [-0.4, -0.2) is 47.0 Å². The topological polar surface area (TPSA) is 105 Å².